The molecule has 1 heterocycles. The topological polar surface area (TPSA) is 51.2 Å². The van der Waals surface area contributed by atoms with Gasteiger partial charge >= 0.3 is 12.5 Å². The Balaban J connectivity index is 1.89. The van der Waals surface area contributed by atoms with Crippen LogP contribution >= 0.6 is 11.3 Å². The zero-order valence-electron chi connectivity index (χ0n) is 16.0. The molecule has 1 unspecified atom stereocenters. The van der Waals surface area contributed by atoms with Gasteiger partial charge in [0, 0.05) is 5.56 Å². The minimum absolute atomic E-state index is 0.160. The Morgan fingerprint density at radius 2 is 1.75 bits per heavy atom. The Hall–Kier alpha value is -3.15. The highest BCUT2D eigenvalue weighted by atomic mass is 32.1. The van der Waals surface area contributed by atoms with Crippen molar-refractivity contribution in [2.75, 3.05) is 0 Å². The highest BCUT2D eigenvalue weighted by molar-refractivity contribution is 7.17. The van der Waals surface area contributed by atoms with Crippen molar-refractivity contribution >= 4 is 17.2 Å². The second kappa shape index (κ2) is 8.77. The molecule has 0 saturated carbocycles. The van der Waals surface area contributed by atoms with Crippen LogP contribution in [0.3, 0.4) is 0 Å². The van der Waals surface area contributed by atoms with Gasteiger partial charge in [-0.15, -0.1) is 24.5 Å². The lowest BCUT2D eigenvalue weighted by molar-refractivity contribution is -0.274. The molecule has 0 saturated heterocycles. The van der Waals surface area contributed by atoms with Crippen molar-refractivity contribution in [1.82, 2.24) is 10.3 Å². The van der Waals surface area contributed by atoms with Crippen LogP contribution in [-0.2, 0) is 6.18 Å². The van der Waals surface area contributed by atoms with E-state index in [0.29, 0.717) is 11.3 Å². The summed E-state index contributed by atoms with van der Waals surface area (Å²) in [5.74, 6) is -2.52. The number of thiazole rings is 1. The average molecular weight is 478 g/mol. The molecule has 0 aliphatic rings. The van der Waals surface area contributed by atoms with Crippen molar-refractivity contribution in [2.24, 2.45) is 0 Å². The van der Waals surface area contributed by atoms with Crippen LogP contribution in [0.25, 0.3) is 10.6 Å². The fraction of sp³-hybridized carbons (Fsp3) is 0.200. The van der Waals surface area contributed by atoms with Crippen LogP contribution in [0.2, 0.25) is 0 Å². The van der Waals surface area contributed by atoms with Crippen LogP contribution < -0.4 is 10.1 Å². The number of carbonyl (C=O) groups is 1. The maximum atomic E-state index is 14.0. The van der Waals surface area contributed by atoms with E-state index in [1.807, 2.05) is 0 Å². The first-order valence-corrected chi connectivity index (χ1v) is 9.66. The second-order valence-corrected chi connectivity index (χ2v) is 7.49. The summed E-state index contributed by atoms with van der Waals surface area (Å²) in [7, 11) is 0. The number of halogens is 7. The number of aromatic nitrogens is 1. The molecule has 170 valence electrons. The molecule has 0 spiro atoms. The number of nitrogens with one attached hydrogen (secondary N) is 1. The molecule has 0 bridgehead atoms. The summed E-state index contributed by atoms with van der Waals surface area (Å²) < 4.78 is 95.4. The Morgan fingerprint density at radius 3 is 2.38 bits per heavy atom. The minimum atomic E-state index is -4.99. The number of hydrogen-bond acceptors (Lipinski definition) is 4. The molecule has 32 heavy (non-hydrogen) atoms. The van der Waals surface area contributed by atoms with Gasteiger partial charge in [0.2, 0.25) is 0 Å². The summed E-state index contributed by atoms with van der Waals surface area (Å²) in [6.45, 7) is 1.37. The third-order valence-electron chi connectivity index (χ3n) is 4.15. The van der Waals surface area contributed by atoms with Crippen molar-refractivity contribution in [3.63, 3.8) is 0 Å². The standard InChI is InChI=1S/C20H13F7N2O2S/c1-10(11-5-4-6-12(9-11)31-20(25,26)27)28-17(30)15-16(19(22,23)24)29-18(32-15)13-7-2-3-8-14(13)21/h2-10H,1H3,(H,28,30). The van der Waals surface area contributed by atoms with E-state index in [1.165, 1.54) is 37.3 Å². The SMILES string of the molecule is CC(NC(=O)c1sc(-c2ccccc2F)nc1C(F)(F)F)c1cccc(OC(F)(F)F)c1. The maximum Gasteiger partial charge on any atom is 0.573 e. The molecule has 0 fully saturated rings. The van der Waals surface area contributed by atoms with Crippen LogP contribution in [0.4, 0.5) is 30.7 Å². The Kier molecular flexibility index (Phi) is 6.44. The molecule has 12 heteroatoms. The van der Waals surface area contributed by atoms with Crippen LogP contribution in [-0.4, -0.2) is 17.3 Å². The van der Waals surface area contributed by atoms with Crippen LogP contribution in [0.15, 0.2) is 48.5 Å². The van der Waals surface area contributed by atoms with Gasteiger partial charge in [0.05, 0.1) is 6.04 Å². The molecule has 1 aromatic heterocycles. The molecule has 1 N–H and O–H groups in total. The molecule has 3 rings (SSSR count). The first-order valence-electron chi connectivity index (χ1n) is 8.84. The predicted octanol–water partition coefficient (Wildman–Crippen LogP) is 6.36. The predicted molar refractivity (Wildman–Crippen MR) is 102 cm³/mol. The van der Waals surface area contributed by atoms with Gasteiger partial charge in [0.25, 0.3) is 5.91 Å². The van der Waals surface area contributed by atoms with Gasteiger partial charge in [-0.3, -0.25) is 4.79 Å². The molecule has 4 nitrogen and oxygen atoms in total. The van der Waals surface area contributed by atoms with Crippen LogP contribution in [0.5, 0.6) is 5.75 Å². The molecule has 2 aromatic carbocycles. The number of amides is 1. The fourth-order valence-electron chi connectivity index (χ4n) is 2.74. The third-order valence-corrected chi connectivity index (χ3v) is 5.23. The van der Waals surface area contributed by atoms with E-state index in [-0.39, 0.29) is 16.1 Å². The first kappa shape index (κ1) is 23.5. The Morgan fingerprint density at radius 1 is 1.06 bits per heavy atom. The molecule has 1 atom stereocenters. The minimum Gasteiger partial charge on any atom is -0.406 e. The second-order valence-electron chi connectivity index (χ2n) is 6.49. The lowest BCUT2D eigenvalue weighted by atomic mass is 10.1. The smallest absolute Gasteiger partial charge is 0.406 e. The maximum absolute atomic E-state index is 14.0. The normalized spacial score (nSPS) is 13.0. The zero-order chi connectivity index (χ0) is 23.7. The van der Waals surface area contributed by atoms with E-state index >= 15 is 0 Å². The summed E-state index contributed by atoms with van der Waals surface area (Å²) in [5.41, 5.74) is -1.53. The summed E-state index contributed by atoms with van der Waals surface area (Å²) in [6.07, 6.45) is -9.92. The number of nitrogens with zero attached hydrogens (tertiary/aromatic N) is 1. The molecule has 1 amide bonds. The van der Waals surface area contributed by atoms with Crippen LogP contribution in [0, 0.1) is 5.82 Å². The summed E-state index contributed by atoms with van der Waals surface area (Å²) in [5, 5.41) is 1.96. The number of benzene rings is 2. The summed E-state index contributed by atoms with van der Waals surface area (Å²) in [4.78, 5) is 15.2. The Bertz CT molecular complexity index is 1130. The largest absolute Gasteiger partial charge is 0.573 e. The summed E-state index contributed by atoms with van der Waals surface area (Å²) in [6, 6.07) is 8.71. The number of ether oxygens (including phenoxy) is 1. The number of rotatable bonds is 5. The van der Waals surface area contributed by atoms with Gasteiger partial charge in [-0.2, -0.15) is 13.2 Å². The van der Waals surface area contributed by atoms with E-state index < -0.39 is 46.6 Å². The number of carbonyl (C=O) groups excluding carboxylic acids is 1. The zero-order valence-corrected chi connectivity index (χ0v) is 16.8. The molecular weight excluding hydrogens is 465 g/mol. The lowest BCUT2D eigenvalue weighted by Gasteiger charge is -2.16. The van der Waals surface area contributed by atoms with E-state index in [2.05, 4.69) is 15.0 Å². The van der Waals surface area contributed by atoms with E-state index in [4.69, 9.17) is 0 Å². The summed E-state index contributed by atoms with van der Waals surface area (Å²) >= 11 is 0.353. The van der Waals surface area contributed by atoms with Gasteiger partial charge in [0.1, 0.15) is 21.5 Å². The van der Waals surface area contributed by atoms with Crippen molar-refractivity contribution in [1.29, 1.82) is 0 Å². The number of alkyl halides is 6. The van der Waals surface area contributed by atoms with Crippen molar-refractivity contribution in [3.05, 3.63) is 70.5 Å². The lowest BCUT2D eigenvalue weighted by Crippen LogP contribution is -2.28. The van der Waals surface area contributed by atoms with Gasteiger partial charge < -0.3 is 10.1 Å². The van der Waals surface area contributed by atoms with E-state index in [9.17, 15) is 35.5 Å². The molecule has 0 aliphatic carbocycles. The van der Waals surface area contributed by atoms with Crippen molar-refractivity contribution < 1.29 is 40.3 Å². The highest BCUT2D eigenvalue weighted by Crippen LogP contribution is 2.38. The van der Waals surface area contributed by atoms with Gasteiger partial charge in [-0.05, 0) is 36.8 Å². The molecule has 0 radical (unpaired) electrons. The van der Waals surface area contributed by atoms with Gasteiger partial charge in [-0.1, -0.05) is 24.3 Å². The molecule has 0 aliphatic heterocycles. The van der Waals surface area contributed by atoms with Gasteiger partial charge in [0.15, 0.2) is 5.69 Å². The van der Waals surface area contributed by atoms with Crippen molar-refractivity contribution in [2.45, 2.75) is 25.5 Å². The van der Waals surface area contributed by atoms with Crippen LogP contribution in [0.1, 0.15) is 33.9 Å². The van der Waals surface area contributed by atoms with Crippen molar-refractivity contribution in [3.8, 4) is 16.3 Å². The average Bonchev–Trinajstić information content (AvgIpc) is 3.13. The monoisotopic (exact) mass is 478 g/mol. The van der Waals surface area contributed by atoms with Gasteiger partial charge in [-0.25, -0.2) is 9.37 Å². The quantitative estimate of drug-likeness (QED) is 0.435. The van der Waals surface area contributed by atoms with E-state index in [1.54, 1.807) is 0 Å². The third kappa shape index (κ3) is 5.55. The highest BCUT2D eigenvalue weighted by Gasteiger charge is 2.40. The Labute approximate surface area is 180 Å². The molecule has 3 aromatic rings. The number of hydrogen-bond donors (Lipinski definition) is 1. The first-order chi connectivity index (χ1) is 14.8. The fourth-order valence-corrected chi connectivity index (χ4v) is 3.76. The molecular formula is C20H13F7N2O2S. The van der Waals surface area contributed by atoms with E-state index in [0.717, 1.165) is 18.2 Å².